The number of aromatic nitrogens is 1. The fourth-order valence-corrected chi connectivity index (χ4v) is 1.82. The molecule has 1 heterocycles. The Kier molecular flexibility index (Phi) is 5.43. The largest absolute Gasteiger partial charge is 0.330 e. The van der Waals surface area contributed by atoms with Gasteiger partial charge in [0.05, 0.1) is 0 Å². The maximum Gasteiger partial charge on any atom is 0.0271 e. The normalized spacial score (nSPS) is 13.4. The highest BCUT2D eigenvalue weighted by atomic mass is 15.1. The predicted molar refractivity (Wildman–Crippen MR) is 68.0 cm³/mol. The van der Waals surface area contributed by atoms with Gasteiger partial charge in [0, 0.05) is 25.5 Å². The summed E-state index contributed by atoms with van der Waals surface area (Å²) in [7, 11) is 2.14. The molecule has 3 heteroatoms. The van der Waals surface area contributed by atoms with Crippen LogP contribution in [0.1, 0.15) is 19.4 Å². The summed E-state index contributed by atoms with van der Waals surface area (Å²) in [5.74, 6) is 1.22. The van der Waals surface area contributed by atoms with Crippen LogP contribution in [0.15, 0.2) is 24.5 Å². The molecule has 0 fully saturated rings. The second-order valence-electron chi connectivity index (χ2n) is 4.79. The Bertz CT molecular complexity index is 284. The molecule has 1 atom stereocenters. The predicted octanol–water partition coefficient (Wildman–Crippen LogP) is 1.74. The van der Waals surface area contributed by atoms with Crippen LogP contribution in [0.3, 0.4) is 0 Å². The first-order valence-electron chi connectivity index (χ1n) is 5.91. The molecule has 1 aromatic rings. The van der Waals surface area contributed by atoms with Crippen LogP contribution in [-0.4, -0.2) is 30.0 Å². The Morgan fingerprint density at radius 2 is 1.94 bits per heavy atom. The van der Waals surface area contributed by atoms with E-state index in [1.165, 1.54) is 5.56 Å². The van der Waals surface area contributed by atoms with Crippen LogP contribution in [-0.2, 0) is 6.54 Å². The van der Waals surface area contributed by atoms with Crippen LogP contribution in [0, 0.1) is 11.8 Å². The monoisotopic (exact) mass is 221 g/mol. The molecule has 0 radical (unpaired) electrons. The van der Waals surface area contributed by atoms with Crippen LogP contribution in [0.2, 0.25) is 0 Å². The summed E-state index contributed by atoms with van der Waals surface area (Å²) in [5, 5.41) is 0. The van der Waals surface area contributed by atoms with Gasteiger partial charge in [-0.3, -0.25) is 4.98 Å². The second-order valence-corrected chi connectivity index (χ2v) is 4.79. The van der Waals surface area contributed by atoms with E-state index < -0.39 is 0 Å². The third-order valence-corrected chi connectivity index (χ3v) is 2.99. The molecule has 0 spiro atoms. The van der Waals surface area contributed by atoms with E-state index in [1.54, 1.807) is 0 Å². The fourth-order valence-electron chi connectivity index (χ4n) is 1.82. The maximum absolute atomic E-state index is 5.78. The van der Waals surface area contributed by atoms with Crippen LogP contribution >= 0.6 is 0 Å². The Balaban J connectivity index is 2.44. The number of nitrogens with zero attached hydrogens (tertiary/aromatic N) is 2. The van der Waals surface area contributed by atoms with E-state index >= 15 is 0 Å². The van der Waals surface area contributed by atoms with Gasteiger partial charge in [-0.25, -0.2) is 0 Å². The van der Waals surface area contributed by atoms with E-state index in [1.807, 2.05) is 12.4 Å². The topological polar surface area (TPSA) is 42.1 Å². The van der Waals surface area contributed by atoms with E-state index in [0.29, 0.717) is 11.8 Å². The third-order valence-electron chi connectivity index (χ3n) is 2.99. The molecule has 3 nitrogen and oxygen atoms in total. The molecule has 0 aromatic carbocycles. The molecule has 0 amide bonds. The number of hydrogen-bond donors (Lipinski definition) is 1. The lowest BCUT2D eigenvalue weighted by atomic mass is 9.95. The summed E-state index contributed by atoms with van der Waals surface area (Å²) in [6.45, 7) is 7.25. The first kappa shape index (κ1) is 13.1. The highest BCUT2D eigenvalue weighted by molar-refractivity contribution is 5.09. The molecule has 0 aliphatic carbocycles. The second kappa shape index (κ2) is 6.61. The zero-order valence-corrected chi connectivity index (χ0v) is 10.6. The lowest BCUT2D eigenvalue weighted by molar-refractivity contribution is 0.234. The molecule has 0 aliphatic heterocycles. The van der Waals surface area contributed by atoms with E-state index in [2.05, 4.69) is 42.9 Å². The summed E-state index contributed by atoms with van der Waals surface area (Å²) in [5.41, 5.74) is 7.08. The van der Waals surface area contributed by atoms with Crippen molar-refractivity contribution >= 4 is 0 Å². The van der Waals surface area contributed by atoms with Gasteiger partial charge in [0.1, 0.15) is 0 Å². The minimum absolute atomic E-state index is 0.576. The fraction of sp³-hybridized carbons (Fsp3) is 0.615. The molecule has 0 bridgehead atoms. The van der Waals surface area contributed by atoms with Crippen LogP contribution in [0.5, 0.6) is 0 Å². The summed E-state index contributed by atoms with van der Waals surface area (Å²) in [6.07, 6.45) is 3.68. The summed E-state index contributed by atoms with van der Waals surface area (Å²) < 4.78 is 0. The summed E-state index contributed by atoms with van der Waals surface area (Å²) in [6, 6.07) is 4.12. The number of rotatable bonds is 6. The van der Waals surface area contributed by atoms with Crippen molar-refractivity contribution in [2.24, 2.45) is 17.6 Å². The number of pyridine rings is 1. The van der Waals surface area contributed by atoms with Crippen molar-refractivity contribution in [3.63, 3.8) is 0 Å². The van der Waals surface area contributed by atoms with Crippen molar-refractivity contribution in [3.8, 4) is 0 Å². The van der Waals surface area contributed by atoms with Gasteiger partial charge in [0.2, 0.25) is 0 Å². The van der Waals surface area contributed by atoms with Crippen molar-refractivity contribution in [2.45, 2.75) is 20.4 Å². The zero-order valence-electron chi connectivity index (χ0n) is 10.6. The molecule has 1 rings (SSSR count). The number of nitrogens with two attached hydrogens (primary N) is 1. The van der Waals surface area contributed by atoms with Crippen molar-refractivity contribution < 1.29 is 0 Å². The third kappa shape index (κ3) is 4.29. The molecule has 0 saturated carbocycles. The Morgan fingerprint density at radius 3 is 2.44 bits per heavy atom. The van der Waals surface area contributed by atoms with Crippen molar-refractivity contribution in [1.82, 2.24) is 9.88 Å². The zero-order chi connectivity index (χ0) is 12.0. The van der Waals surface area contributed by atoms with Crippen molar-refractivity contribution in [2.75, 3.05) is 20.1 Å². The Morgan fingerprint density at radius 1 is 1.31 bits per heavy atom. The lowest BCUT2D eigenvalue weighted by Crippen LogP contribution is -2.32. The molecule has 90 valence electrons. The molecule has 2 N–H and O–H groups in total. The maximum atomic E-state index is 5.78. The first-order valence-corrected chi connectivity index (χ1v) is 5.91. The van der Waals surface area contributed by atoms with Gasteiger partial charge in [-0.05, 0) is 43.1 Å². The highest BCUT2D eigenvalue weighted by Gasteiger charge is 2.13. The van der Waals surface area contributed by atoms with Crippen LogP contribution < -0.4 is 5.73 Å². The highest BCUT2D eigenvalue weighted by Crippen LogP contribution is 2.12. The van der Waals surface area contributed by atoms with Gasteiger partial charge in [-0.15, -0.1) is 0 Å². The van der Waals surface area contributed by atoms with E-state index in [9.17, 15) is 0 Å². The first-order chi connectivity index (χ1) is 7.63. The van der Waals surface area contributed by atoms with Crippen molar-refractivity contribution in [3.05, 3.63) is 30.1 Å². The molecule has 0 aliphatic rings. The molecule has 16 heavy (non-hydrogen) atoms. The molecule has 1 unspecified atom stereocenters. The average Bonchev–Trinajstić information content (AvgIpc) is 2.27. The van der Waals surface area contributed by atoms with E-state index in [4.69, 9.17) is 5.73 Å². The van der Waals surface area contributed by atoms with Gasteiger partial charge < -0.3 is 10.6 Å². The summed E-state index contributed by atoms with van der Waals surface area (Å²) in [4.78, 5) is 6.35. The van der Waals surface area contributed by atoms with Crippen LogP contribution in [0.25, 0.3) is 0 Å². The molecular weight excluding hydrogens is 198 g/mol. The minimum atomic E-state index is 0.576. The van der Waals surface area contributed by atoms with Gasteiger partial charge in [-0.1, -0.05) is 13.8 Å². The smallest absolute Gasteiger partial charge is 0.0271 e. The van der Waals surface area contributed by atoms with Gasteiger partial charge in [0.25, 0.3) is 0 Å². The Labute approximate surface area is 98.7 Å². The van der Waals surface area contributed by atoms with Crippen molar-refractivity contribution in [1.29, 1.82) is 0 Å². The molecular formula is C13H23N3. The molecule has 1 aromatic heterocycles. The Hall–Kier alpha value is -0.930. The van der Waals surface area contributed by atoms with E-state index in [0.717, 1.165) is 19.6 Å². The summed E-state index contributed by atoms with van der Waals surface area (Å²) >= 11 is 0. The lowest BCUT2D eigenvalue weighted by Gasteiger charge is -2.25. The average molecular weight is 221 g/mol. The molecule has 0 saturated heterocycles. The van der Waals surface area contributed by atoms with E-state index in [-0.39, 0.29) is 0 Å². The van der Waals surface area contributed by atoms with Gasteiger partial charge in [0.15, 0.2) is 0 Å². The number of hydrogen-bond acceptors (Lipinski definition) is 3. The van der Waals surface area contributed by atoms with Gasteiger partial charge in [-0.2, -0.15) is 0 Å². The standard InChI is InChI=1S/C13H23N3/c1-11(2)13(8-14)10-16(3)9-12-4-6-15-7-5-12/h4-7,11,13H,8-10,14H2,1-3H3. The van der Waals surface area contributed by atoms with Crippen LogP contribution in [0.4, 0.5) is 0 Å². The minimum Gasteiger partial charge on any atom is -0.330 e. The van der Waals surface area contributed by atoms with Gasteiger partial charge >= 0.3 is 0 Å². The SMILES string of the molecule is CC(C)C(CN)CN(C)Cc1ccncc1. The quantitative estimate of drug-likeness (QED) is 0.795.